The lowest BCUT2D eigenvalue weighted by molar-refractivity contribution is 0.382. The molecule has 0 spiro atoms. The fourth-order valence-electron chi connectivity index (χ4n) is 1.91. The van der Waals surface area contributed by atoms with E-state index >= 15 is 0 Å². The first kappa shape index (κ1) is 12.7. The molecule has 1 aromatic heterocycles. The molecule has 0 saturated carbocycles. The van der Waals surface area contributed by atoms with Gasteiger partial charge in [-0.2, -0.15) is 16.7 Å². The molecule has 4 nitrogen and oxygen atoms in total. The highest BCUT2D eigenvalue weighted by Gasteiger charge is 2.17. The van der Waals surface area contributed by atoms with Crippen LogP contribution in [-0.4, -0.2) is 29.0 Å². The van der Waals surface area contributed by atoms with Crippen molar-refractivity contribution < 1.29 is 4.52 Å². The SMILES string of the molecule is Cc1ccc(-c2noc(CSCC3CNC3)n2)cc1. The van der Waals surface area contributed by atoms with E-state index in [0.717, 1.165) is 36.1 Å². The van der Waals surface area contributed by atoms with Crippen molar-refractivity contribution in [1.29, 1.82) is 0 Å². The molecule has 1 aliphatic heterocycles. The van der Waals surface area contributed by atoms with Gasteiger partial charge in [-0.25, -0.2) is 0 Å². The number of hydrogen-bond acceptors (Lipinski definition) is 5. The molecule has 0 bridgehead atoms. The lowest BCUT2D eigenvalue weighted by atomic mass is 10.1. The van der Waals surface area contributed by atoms with Crippen LogP contribution in [0.3, 0.4) is 0 Å². The minimum Gasteiger partial charge on any atom is -0.338 e. The van der Waals surface area contributed by atoms with Crippen LogP contribution in [0, 0.1) is 12.8 Å². The molecular weight excluding hydrogens is 258 g/mol. The minimum atomic E-state index is 0.681. The number of aryl methyl sites for hydroxylation is 1. The van der Waals surface area contributed by atoms with E-state index in [1.54, 1.807) is 0 Å². The highest BCUT2D eigenvalue weighted by Crippen LogP contribution is 2.20. The largest absolute Gasteiger partial charge is 0.338 e. The van der Waals surface area contributed by atoms with Gasteiger partial charge in [-0.15, -0.1) is 0 Å². The van der Waals surface area contributed by atoms with E-state index in [4.69, 9.17) is 4.52 Å². The van der Waals surface area contributed by atoms with Crippen LogP contribution < -0.4 is 5.32 Å². The van der Waals surface area contributed by atoms with Crippen LogP contribution in [0.1, 0.15) is 11.5 Å². The number of nitrogens with zero attached hydrogens (tertiary/aromatic N) is 2. The van der Waals surface area contributed by atoms with Crippen LogP contribution in [0.25, 0.3) is 11.4 Å². The molecule has 1 fully saturated rings. The van der Waals surface area contributed by atoms with Crippen LogP contribution in [0.5, 0.6) is 0 Å². The fourth-order valence-corrected chi connectivity index (χ4v) is 2.89. The summed E-state index contributed by atoms with van der Waals surface area (Å²) < 4.78 is 5.29. The number of rotatable bonds is 5. The maximum absolute atomic E-state index is 5.29. The van der Waals surface area contributed by atoms with Crippen LogP contribution >= 0.6 is 11.8 Å². The topological polar surface area (TPSA) is 51.0 Å². The summed E-state index contributed by atoms with van der Waals surface area (Å²) in [5.41, 5.74) is 2.24. The van der Waals surface area contributed by atoms with E-state index in [1.165, 1.54) is 5.56 Å². The standard InChI is InChI=1S/C14H17N3OS/c1-10-2-4-12(5-3-10)14-16-13(18-17-14)9-19-8-11-6-15-7-11/h2-5,11,15H,6-9H2,1H3. The molecule has 0 aliphatic carbocycles. The molecule has 3 rings (SSSR count). The summed E-state index contributed by atoms with van der Waals surface area (Å²) in [4.78, 5) is 4.44. The first-order valence-electron chi connectivity index (χ1n) is 6.49. The smallest absolute Gasteiger partial charge is 0.236 e. The normalized spacial score (nSPS) is 15.4. The average Bonchev–Trinajstić information content (AvgIpc) is 2.82. The second-order valence-electron chi connectivity index (χ2n) is 4.92. The highest BCUT2D eigenvalue weighted by atomic mass is 32.2. The molecule has 5 heteroatoms. The van der Waals surface area contributed by atoms with Gasteiger partial charge in [-0.05, 0) is 31.7 Å². The molecule has 0 radical (unpaired) electrons. The summed E-state index contributed by atoms with van der Waals surface area (Å²) in [5.74, 6) is 4.17. The van der Waals surface area contributed by atoms with Gasteiger partial charge in [0.25, 0.3) is 0 Å². The maximum atomic E-state index is 5.29. The lowest BCUT2D eigenvalue weighted by Gasteiger charge is -2.26. The molecule has 0 atom stereocenters. The zero-order valence-electron chi connectivity index (χ0n) is 10.9. The molecule has 2 aromatic rings. The molecule has 0 unspecified atom stereocenters. The van der Waals surface area contributed by atoms with E-state index in [-0.39, 0.29) is 0 Å². The molecule has 19 heavy (non-hydrogen) atoms. The number of thioether (sulfide) groups is 1. The van der Waals surface area contributed by atoms with E-state index in [0.29, 0.717) is 11.7 Å². The van der Waals surface area contributed by atoms with Crippen molar-refractivity contribution in [3.8, 4) is 11.4 Å². The number of nitrogens with one attached hydrogen (secondary N) is 1. The Morgan fingerprint density at radius 3 is 2.79 bits per heavy atom. The Bertz CT molecular complexity index is 534. The number of aromatic nitrogens is 2. The van der Waals surface area contributed by atoms with E-state index in [2.05, 4.69) is 34.5 Å². The summed E-state index contributed by atoms with van der Waals surface area (Å²) >= 11 is 1.87. The summed E-state index contributed by atoms with van der Waals surface area (Å²) in [7, 11) is 0. The molecule has 1 aromatic carbocycles. The molecule has 0 amide bonds. The Morgan fingerprint density at radius 1 is 1.32 bits per heavy atom. The number of hydrogen-bond donors (Lipinski definition) is 1. The fraction of sp³-hybridized carbons (Fsp3) is 0.429. The molecular formula is C14H17N3OS. The van der Waals surface area contributed by atoms with Crippen LogP contribution in [-0.2, 0) is 5.75 Å². The van der Waals surface area contributed by atoms with Gasteiger partial charge in [0.2, 0.25) is 11.7 Å². The molecule has 100 valence electrons. The van der Waals surface area contributed by atoms with Gasteiger partial charge in [0, 0.05) is 5.56 Å². The zero-order chi connectivity index (χ0) is 13.1. The Balaban J connectivity index is 1.57. The third-order valence-electron chi connectivity index (χ3n) is 3.22. The van der Waals surface area contributed by atoms with Gasteiger partial charge < -0.3 is 9.84 Å². The van der Waals surface area contributed by atoms with Crippen molar-refractivity contribution >= 4 is 11.8 Å². The van der Waals surface area contributed by atoms with Gasteiger partial charge in [-0.3, -0.25) is 0 Å². The van der Waals surface area contributed by atoms with E-state index in [9.17, 15) is 0 Å². The first-order valence-corrected chi connectivity index (χ1v) is 7.65. The predicted octanol–water partition coefficient (Wildman–Crippen LogP) is 2.50. The van der Waals surface area contributed by atoms with E-state index in [1.807, 2.05) is 23.9 Å². The second-order valence-corrected chi connectivity index (χ2v) is 5.95. The van der Waals surface area contributed by atoms with Crippen molar-refractivity contribution in [1.82, 2.24) is 15.5 Å². The lowest BCUT2D eigenvalue weighted by Crippen LogP contribution is -2.43. The van der Waals surface area contributed by atoms with Crippen molar-refractivity contribution in [3.05, 3.63) is 35.7 Å². The van der Waals surface area contributed by atoms with Crippen LogP contribution in [0.4, 0.5) is 0 Å². The van der Waals surface area contributed by atoms with Crippen molar-refractivity contribution in [2.45, 2.75) is 12.7 Å². The summed E-state index contributed by atoms with van der Waals surface area (Å²) in [6, 6.07) is 8.17. The summed E-state index contributed by atoms with van der Waals surface area (Å²) in [5, 5.41) is 7.31. The molecule has 1 N–H and O–H groups in total. The van der Waals surface area contributed by atoms with Gasteiger partial charge in [0.05, 0.1) is 5.75 Å². The van der Waals surface area contributed by atoms with Gasteiger partial charge in [0.15, 0.2) is 0 Å². The predicted molar refractivity (Wildman–Crippen MR) is 77.0 cm³/mol. The van der Waals surface area contributed by atoms with Crippen LogP contribution in [0.2, 0.25) is 0 Å². The van der Waals surface area contributed by atoms with Crippen LogP contribution in [0.15, 0.2) is 28.8 Å². The Kier molecular flexibility index (Phi) is 3.84. The van der Waals surface area contributed by atoms with E-state index < -0.39 is 0 Å². The summed E-state index contributed by atoms with van der Waals surface area (Å²) in [6.45, 7) is 4.36. The van der Waals surface area contributed by atoms with Gasteiger partial charge in [-0.1, -0.05) is 35.0 Å². The first-order chi connectivity index (χ1) is 9.31. The van der Waals surface area contributed by atoms with Crippen molar-refractivity contribution in [2.75, 3.05) is 18.8 Å². The van der Waals surface area contributed by atoms with Gasteiger partial charge >= 0.3 is 0 Å². The highest BCUT2D eigenvalue weighted by molar-refractivity contribution is 7.98. The Morgan fingerprint density at radius 2 is 2.11 bits per heavy atom. The third kappa shape index (κ3) is 3.16. The maximum Gasteiger partial charge on any atom is 0.236 e. The Hall–Kier alpha value is -1.33. The quantitative estimate of drug-likeness (QED) is 0.908. The van der Waals surface area contributed by atoms with Gasteiger partial charge in [0.1, 0.15) is 0 Å². The molecule has 1 saturated heterocycles. The monoisotopic (exact) mass is 275 g/mol. The molecule has 1 aliphatic rings. The second kappa shape index (κ2) is 5.75. The van der Waals surface area contributed by atoms with Crippen molar-refractivity contribution in [2.24, 2.45) is 5.92 Å². The average molecular weight is 275 g/mol. The number of benzene rings is 1. The zero-order valence-corrected chi connectivity index (χ0v) is 11.7. The molecule has 2 heterocycles. The third-order valence-corrected chi connectivity index (χ3v) is 4.38. The Labute approximate surface area is 117 Å². The minimum absolute atomic E-state index is 0.681. The summed E-state index contributed by atoms with van der Waals surface area (Å²) in [6.07, 6.45) is 0. The van der Waals surface area contributed by atoms with Crippen molar-refractivity contribution in [3.63, 3.8) is 0 Å².